The molecular formula is C11H16N6O2. The first-order valence-electron chi connectivity index (χ1n) is 5.76. The van der Waals surface area contributed by atoms with Crippen molar-refractivity contribution in [3.05, 3.63) is 30.1 Å². The van der Waals surface area contributed by atoms with E-state index in [1.54, 1.807) is 15.6 Å². The van der Waals surface area contributed by atoms with Gasteiger partial charge in [0.25, 0.3) is 5.82 Å². The maximum absolute atomic E-state index is 11.4. The zero-order valence-corrected chi connectivity index (χ0v) is 11.0. The Morgan fingerprint density at radius 2 is 2.26 bits per heavy atom. The molecular weight excluding hydrogens is 248 g/mol. The van der Waals surface area contributed by atoms with E-state index in [1.807, 2.05) is 20.2 Å². The molecule has 0 saturated heterocycles. The zero-order chi connectivity index (χ0) is 14.0. The first-order valence-corrected chi connectivity index (χ1v) is 5.76. The van der Waals surface area contributed by atoms with Crippen molar-refractivity contribution in [1.29, 1.82) is 0 Å². The first-order chi connectivity index (χ1) is 9.02. The van der Waals surface area contributed by atoms with Crippen molar-refractivity contribution in [1.82, 2.24) is 24.5 Å². The molecule has 0 aliphatic heterocycles. The summed E-state index contributed by atoms with van der Waals surface area (Å²) in [6.45, 7) is 1.86. The lowest BCUT2D eigenvalue weighted by Gasteiger charge is -2.19. The van der Waals surface area contributed by atoms with E-state index in [0.29, 0.717) is 0 Å². The minimum absolute atomic E-state index is 0.0111. The van der Waals surface area contributed by atoms with Crippen LogP contribution in [0.5, 0.6) is 0 Å². The lowest BCUT2D eigenvalue weighted by molar-refractivity contribution is 0.0586. The molecule has 0 spiro atoms. The molecule has 2 unspecified atom stereocenters. The summed E-state index contributed by atoms with van der Waals surface area (Å²) in [5.74, 6) is -0.564. The molecule has 8 nitrogen and oxygen atoms in total. The molecule has 0 aromatic carbocycles. The summed E-state index contributed by atoms with van der Waals surface area (Å²) in [5, 5.41) is 8.21. The molecule has 2 aromatic heterocycles. The summed E-state index contributed by atoms with van der Waals surface area (Å²) in [5.41, 5.74) is 6.89. The summed E-state index contributed by atoms with van der Waals surface area (Å²) in [4.78, 5) is 15.3. The SMILES string of the molecule is COC(=O)c1ncn(C(c2cnn(C)c2)C(C)N)n1. The van der Waals surface area contributed by atoms with E-state index in [4.69, 9.17) is 5.73 Å². The van der Waals surface area contributed by atoms with Crippen LogP contribution in [-0.4, -0.2) is 43.7 Å². The quantitative estimate of drug-likeness (QED) is 0.763. The second-order valence-electron chi connectivity index (χ2n) is 4.29. The normalized spacial score (nSPS) is 14.1. The minimum Gasteiger partial charge on any atom is -0.463 e. The second kappa shape index (κ2) is 5.19. The third kappa shape index (κ3) is 2.63. The summed E-state index contributed by atoms with van der Waals surface area (Å²) in [6.07, 6.45) is 5.04. The van der Waals surface area contributed by atoms with Crippen LogP contribution in [0.1, 0.15) is 29.1 Å². The molecule has 2 heterocycles. The fraction of sp³-hybridized carbons (Fsp3) is 0.455. The number of hydrogen-bond acceptors (Lipinski definition) is 6. The lowest BCUT2D eigenvalue weighted by atomic mass is 10.1. The topological polar surface area (TPSA) is 101 Å². The maximum Gasteiger partial charge on any atom is 0.377 e. The van der Waals surface area contributed by atoms with Crippen LogP contribution in [0.15, 0.2) is 18.7 Å². The van der Waals surface area contributed by atoms with Crippen molar-refractivity contribution in [2.45, 2.75) is 19.0 Å². The van der Waals surface area contributed by atoms with Crippen molar-refractivity contribution >= 4 is 5.97 Å². The van der Waals surface area contributed by atoms with E-state index in [2.05, 4.69) is 19.9 Å². The van der Waals surface area contributed by atoms with Crippen LogP contribution in [0.25, 0.3) is 0 Å². The molecule has 2 N–H and O–H groups in total. The van der Waals surface area contributed by atoms with E-state index >= 15 is 0 Å². The number of carbonyl (C=O) groups excluding carboxylic acids is 1. The Hall–Kier alpha value is -2.22. The monoisotopic (exact) mass is 264 g/mol. The lowest BCUT2D eigenvalue weighted by Crippen LogP contribution is -2.30. The van der Waals surface area contributed by atoms with Crippen LogP contribution >= 0.6 is 0 Å². The van der Waals surface area contributed by atoms with Crippen LogP contribution in [-0.2, 0) is 11.8 Å². The molecule has 2 aromatic rings. The van der Waals surface area contributed by atoms with E-state index in [0.717, 1.165) is 5.56 Å². The maximum atomic E-state index is 11.4. The number of methoxy groups -OCH3 is 1. The van der Waals surface area contributed by atoms with Crippen LogP contribution < -0.4 is 5.73 Å². The van der Waals surface area contributed by atoms with E-state index < -0.39 is 5.97 Å². The van der Waals surface area contributed by atoms with Gasteiger partial charge in [0.2, 0.25) is 0 Å². The third-order valence-corrected chi connectivity index (χ3v) is 2.73. The highest BCUT2D eigenvalue weighted by molar-refractivity contribution is 5.84. The average Bonchev–Trinajstić information content (AvgIpc) is 2.98. The number of aryl methyl sites for hydroxylation is 1. The Morgan fingerprint density at radius 1 is 1.53 bits per heavy atom. The average molecular weight is 264 g/mol. The fourth-order valence-electron chi connectivity index (χ4n) is 1.88. The van der Waals surface area contributed by atoms with Gasteiger partial charge in [-0.25, -0.2) is 14.5 Å². The first kappa shape index (κ1) is 13.2. The molecule has 0 radical (unpaired) electrons. The molecule has 8 heteroatoms. The highest BCUT2D eigenvalue weighted by Crippen LogP contribution is 2.19. The van der Waals surface area contributed by atoms with E-state index in [9.17, 15) is 4.79 Å². The van der Waals surface area contributed by atoms with Crippen LogP contribution in [0, 0.1) is 0 Å². The predicted molar refractivity (Wildman–Crippen MR) is 66.4 cm³/mol. The van der Waals surface area contributed by atoms with Gasteiger partial charge in [-0.15, -0.1) is 5.10 Å². The highest BCUT2D eigenvalue weighted by atomic mass is 16.5. The molecule has 0 aliphatic rings. The fourth-order valence-corrected chi connectivity index (χ4v) is 1.88. The van der Waals surface area contributed by atoms with Gasteiger partial charge in [-0.3, -0.25) is 4.68 Å². The Morgan fingerprint density at radius 3 is 2.79 bits per heavy atom. The Bertz CT molecular complexity index is 573. The van der Waals surface area contributed by atoms with Crippen molar-refractivity contribution in [2.24, 2.45) is 12.8 Å². The molecule has 102 valence electrons. The molecule has 0 bridgehead atoms. The number of nitrogens with zero attached hydrogens (tertiary/aromatic N) is 5. The zero-order valence-electron chi connectivity index (χ0n) is 11.0. The van der Waals surface area contributed by atoms with Gasteiger partial charge in [0.05, 0.1) is 19.3 Å². The predicted octanol–water partition coefficient (Wildman–Crippen LogP) is -0.265. The van der Waals surface area contributed by atoms with Gasteiger partial charge in [-0.2, -0.15) is 5.10 Å². The molecule has 19 heavy (non-hydrogen) atoms. The molecule has 2 rings (SSSR count). The number of hydrogen-bond donors (Lipinski definition) is 1. The summed E-state index contributed by atoms with van der Waals surface area (Å²) < 4.78 is 7.81. The summed E-state index contributed by atoms with van der Waals surface area (Å²) in [7, 11) is 3.11. The summed E-state index contributed by atoms with van der Waals surface area (Å²) in [6, 6.07) is -0.448. The smallest absolute Gasteiger partial charge is 0.377 e. The number of ether oxygens (including phenoxy) is 1. The molecule has 0 amide bonds. The number of esters is 1. The van der Waals surface area contributed by atoms with Gasteiger partial charge in [0, 0.05) is 24.8 Å². The Balaban J connectivity index is 2.35. The van der Waals surface area contributed by atoms with Crippen molar-refractivity contribution in [3.8, 4) is 0 Å². The van der Waals surface area contributed by atoms with E-state index in [1.165, 1.54) is 13.4 Å². The third-order valence-electron chi connectivity index (χ3n) is 2.73. The molecule has 2 atom stereocenters. The van der Waals surface area contributed by atoms with Gasteiger partial charge in [-0.1, -0.05) is 0 Å². The summed E-state index contributed by atoms with van der Waals surface area (Å²) >= 11 is 0. The Labute approximate surface area is 110 Å². The highest BCUT2D eigenvalue weighted by Gasteiger charge is 2.23. The Kier molecular flexibility index (Phi) is 3.61. The van der Waals surface area contributed by atoms with Crippen molar-refractivity contribution < 1.29 is 9.53 Å². The second-order valence-corrected chi connectivity index (χ2v) is 4.29. The number of rotatable bonds is 4. The van der Waals surface area contributed by atoms with Gasteiger partial charge < -0.3 is 10.5 Å². The number of carbonyl (C=O) groups is 1. The van der Waals surface area contributed by atoms with Crippen LogP contribution in [0.4, 0.5) is 0 Å². The van der Waals surface area contributed by atoms with Gasteiger partial charge in [0.15, 0.2) is 0 Å². The van der Waals surface area contributed by atoms with E-state index in [-0.39, 0.29) is 17.9 Å². The molecule has 0 aliphatic carbocycles. The van der Waals surface area contributed by atoms with Gasteiger partial charge in [-0.05, 0) is 6.92 Å². The molecule has 0 fully saturated rings. The van der Waals surface area contributed by atoms with Gasteiger partial charge in [0.1, 0.15) is 6.33 Å². The van der Waals surface area contributed by atoms with Crippen LogP contribution in [0.2, 0.25) is 0 Å². The largest absolute Gasteiger partial charge is 0.463 e. The van der Waals surface area contributed by atoms with Gasteiger partial charge >= 0.3 is 5.97 Å². The van der Waals surface area contributed by atoms with Crippen molar-refractivity contribution in [3.63, 3.8) is 0 Å². The van der Waals surface area contributed by atoms with Crippen LogP contribution in [0.3, 0.4) is 0 Å². The standard InChI is InChI=1S/C11H16N6O2/c1-7(12)9(8-4-14-16(2)5-8)17-6-13-10(15-17)11(18)19-3/h4-7,9H,12H2,1-3H3. The molecule has 0 saturated carbocycles. The number of nitrogens with two attached hydrogens (primary N) is 1. The minimum atomic E-state index is -0.576. The number of aromatic nitrogens is 5. The van der Waals surface area contributed by atoms with Crippen molar-refractivity contribution in [2.75, 3.05) is 7.11 Å².